The summed E-state index contributed by atoms with van der Waals surface area (Å²) in [7, 11) is 0. The van der Waals surface area contributed by atoms with Crippen molar-refractivity contribution in [2.75, 3.05) is 0 Å². The van der Waals surface area contributed by atoms with Gasteiger partial charge in [-0.3, -0.25) is 0 Å². The molecule has 0 spiro atoms. The van der Waals surface area contributed by atoms with Crippen molar-refractivity contribution in [2.45, 2.75) is 6.04 Å². The lowest BCUT2D eigenvalue weighted by Crippen LogP contribution is -2.12. The average molecular weight is 207 g/mol. The smallest absolute Gasteiger partial charge is 0.141 e. The molecule has 0 radical (unpaired) electrons. The highest BCUT2D eigenvalue weighted by molar-refractivity contribution is 6.30. The van der Waals surface area contributed by atoms with E-state index in [0.717, 1.165) is 0 Å². The molecule has 66 valence electrons. The molecule has 0 saturated carbocycles. The second kappa shape index (κ2) is 5.09. The summed E-state index contributed by atoms with van der Waals surface area (Å²) in [4.78, 5) is 14.0. The van der Waals surface area contributed by atoms with Gasteiger partial charge in [0.25, 0.3) is 0 Å². The molecule has 0 aliphatic carbocycles. The van der Waals surface area contributed by atoms with Gasteiger partial charge in [0.05, 0.1) is 6.04 Å². The molecule has 0 bridgehead atoms. The number of hydrogen-bond donors (Lipinski definition) is 1. The van der Waals surface area contributed by atoms with Crippen LogP contribution in [0.1, 0.15) is 11.6 Å². The molecule has 1 aromatic rings. The number of carbonyl (C=O) groups excluding carboxylic acids is 1. The van der Waals surface area contributed by atoms with Crippen molar-refractivity contribution in [3.8, 4) is 0 Å². The number of aromatic nitrogens is 1. The molecular weight excluding hydrogens is 199 g/mol. The first-order chi connectivity index (χ1) is 5.25. The molecule has 0 saturated heterocycles. The Kier molecular flexibility index (Phi) is 4.81. The Labute approximate surface area is 81.3 Å². The van der Waals surface area contributed by atoms with Crippen molar-refractivity contribution < 1.29 is 4.79 Å². The van der Waals surface area contributed by atoms with Crippen LogP contribution in [0.25, 0.3) is 0 Å². The predicted molar refractivity (Wildman–Crippen MR) is 49.5 cm³/mol. The quantitative estimate of drug-likeness (QED) is 0.588. The van der Waals surface area contributed by atoms with Crippen LogP contribution in [-0.2, 0) is 4.79 Å². The van der Waals surface area contributed by atoms with Gasteiger partial charge in [-0.05, 0) is 6.07 Å². The molecule has 5 heteroatoms. The Morgan fingerprint density at radius 3 is 2.83 bits per heavy atom. The van der Waals surface area contributed by atoms with Gasteiger partial charge in [-0.15, -0.1) is 12.4 Å². The van der Waals surface area contributed by atoms with Gasteiger partial charge in [-0.1, -0.05) is 17.7 Å². The van der Waals surface area contributed by atoms with Crippen LogP contribution in [0, 0.1) is 0 Å². The molecule has 1 aromatic heterocycles. The highest BCUT2D eigenvalue weighted by Gasteiger charge is 2.07. The second-order valence-electron chi connectivity index (χ2n) is 2.05. The van der Waals surface area contributed by atoms with Crippen LogP contribution in [-0.4, -0.2) is 11.3 Å². The molecule has 1 rings (SSSR count). The molecule has 0 aliphatic heterocycles. The van der Waals surface area contributed by atoms with Crippen molar-refractivity contribution in [2.24, 2.45) is 5.73 Å². The average Bonchev–Trinajstić information content (AvgIpc) is 2.04. The van der Waals surface area contributed by atoms with Crippen molar-refractivity contribution in [1.29, 1.82) is 0 Å². The van der Waals surface area contributed by atoms with Crippen molar-refractivity contribution in [3.63, 3.8) is 0 Å². The summed E-state index contributed by atoms with van der Waals surface area (Å²) in [6, 6.07) is 2.69. The minimum atomic E-state index is -0.670. The van der Waals surface area contributed by atoms with Gasteiger partial charge in [0, 0.05) is 11.8 Å². The first kappa shape index (κ1) is 11.4. The van der Waals surface area contributed by atoms with Gasteiger partial charge in [0.2, 0.25) is 0 Å². The first-order valence-electron chi connectivity index (χ1n) is 3.07. The molecule has 0 aliphatic rings. The Morgan fingerprint density at radius 2 is 2.33 bits per heavy atom. The van der Waals surface area contributed by atoms with E-state index in [2.05, 4.69) is 4.98 Å². The number of nitrogens with zero attached hydrogens (tertiary/aromatic N) is 1. The number of halogens is 2. The number of carbonyl (C=O) groups is 1. The van der Waals surface area contributed by atoms with E-state index in [1.807, 2.05) is 0 Å². The molecule has 0 aromatic carbocycles. The zero-order valence-electron chi connectivity index (χ0n) is 6.11. The lowest BCUT2D eigenvalue weighted by molar-refractivity contribution is -0.109. The maximum Gasteiger partial charge on any atom is 0.141 e. The van der Waals surface area contributed by atoms with Gasteiger partial charge in [0.15, 0.2) is 0 Å². The van der Waals surface area contributed by atoms with E-state index in [4.69, 9.17) is 17.3 Å². The SMILES string of the molecule is Cl.N[C@H](C=O)c1cccnc1Cl. The van der Waals surface area contributed by atoms with E-state index >= 15 is 0 Å². The normalized spacial score (nSPS) is 11.5. The Bertz CT molecular complexity index is 267. The topological polar surface area (TPSA) is 56.0 Å². The van der Waals surface area contributed by atoms with Crippen molar-refractivity contribution >= 4 is 30.3 Å². The van der Waals surface area contributed by atoms with Crippen molar-refractivity contribution in [1.82, 2.24) is 4.98 Å². The van der Waals surface area contributed by atoms with Crippen LogP contribution < -0.4 is 5.73 Å². The number of rotatable bonds is 2. The van der Waals surface area contributed by atoms with E-state index in [1.165, 1.54) is 0 Å². The fraction of sp³-hybridized carbons (Fsp3) is 0.143. The zero-order chi connectivity index (χ0) is 8.27. The van der Waals surface area contributed by atoms with E-state index in [0.29, 0.717) is 11.8 Å². The second-order valence-corrected chi connectivity index (χ2v) is 2.40. The Hall–Kier alpha value is -0.640. The summed E-state index contributed by atoms with van der Waals surface area (Å²) in [5.74, 6) is 0. The molecule has 0 fully saturated rings. The number of aldehydes is 1. The van der Waals surface area contributed by atoms with Crippen LogP contribution in [0.5, 0.6) is 0 Å². The Morgan fingerprint density at radius 1 is 1.67 bits per heavy atom. The fourth-order valence-corrected chi connectivity index (χ4v) is 0.966. The monoisotopic (exact) mass is 206 g/mol. The van der Waals surface area contributed by atoms with E-state index in [1.54, 1.807) is 18.3 Å². The standard InChI is InChI=1S/C7H7ClN2O.ClH/c8-7-5(6(9)4-11)2-1-3-10-7;/h1-4,6H,9H2;1H/t6-;/m1./s1. The molecule has 3 nitrogen and oxygen atoms in total. The fourth-order valence-electron chi connectivity index (χ4n) is 0.720. The maximum absolute atomic E-state index is 10.2. The number of nitrogens with two attached hydrogens (primary N) is 1. The Balaban J connectivity index is 0.00000121. The molecule has 0 amide bonds. The van der Waals surface area contributed by atoms with Crippen molar-refractivity contribution in [3.05, 3.63) is 29.0 Å². The van der Waals surface area contributed by atoms with Gasteiger partial charge in [-0.25, -0.2) is 4.98 Å². The molecule has 12 heavy (non-hydrogen) atoms. The van der Waals surface area contributed by atoms with Gasteiger partial charge in [0.1, 0.15) is 11.4 Å². The van der Waals surface area contributed by atoms with Crippen LogP contribution in [0.15, 0.2) is 18.3 Å². The lowest BCUT2D eigenvalue weighted by Gasteiger charge is -2.03. The summed E-state index contributed by atoms with van der Waals surface area (Å²) in [5.41, 5.74) is 5.96. The van der Waals surface area contributed by atoms with Crippen LogP contribution in [0.2, 0.25) is 5.15 Å². The van der Waals surface area contributed by atoms with Crippen LogP contribution >= 0.6 is 24.0 Å². The molecule has 1 atom stereocenters. The third-order valence-corrected chi connectivity index (χ3v) is 1.61. The van der Waals surface area contributed by atoms with Gasteiger partial charge >= 0.3 is 0 Å². The number of pyridine rings is 1. The minimum absolute atomic E-state index is 0. The highest BCUT2D eigenvalue weighted by atomic mass is 35.5. The van der Waals surface area contributed by atoms with Crippen LogP contribution in [0.4, 0.5) is 0 Å². The summed E-state index contributed by atoms with van der Waals surface area (Å²) in [6.07, 6.45) is 2.17. The summed E-state index contributed by atoms with van der Waals surface area (Å²) in [5, 5.41) is 0.284. The largest absolute Gasteiger partial charge is 0.318 e. The van der Waals surface area contributed by atoms with E-state index in [9.17, 15) is 4.79 Å². The van der Waals surface area contributed by atoms with Crippen LogP contribution in [0.3, 0.4) is 0 Å². The molecule has 0 unspecified atom stereocenters. The van der Waals surface area contributed by atoms with Gasteiger partial charge in [-0.2, -0.15) is 0 Å². The highest BCUT2D eigenvalue weighted by Crippen LogP contribution is 2.16. The molecule has 1 heterocycles. The van der Waals surface area contributed by atoms with E-state index in [-0.39, 0.29) is 17.6 Å². The minimum Gasteiger partial charge on any atom is -0.318 e. The predicted octanol–water partition coefficient (Wildman–Crippen LogP) is 1.36. The lowest BCUT2D eigenvalue weighted by atomic mass is 10.1. The summed E-state index contributed by atoms with van der Waals surface area (Å²) in [6.45, 7) is 0. The third-order valence-electron chi connectivity index (χ3n) is 1.29. The maximum atomic E-state index is 10.2. The zero-order valence-corrected chi connectivity index (χ0v) is 7.68. The van der Waals surface area contributed by atoms with Gasteiger partial charge < -0.3 is 10.5 Å². The summed E-state index contributed by atoms with van der Waals surface area (Å²) < 4.78 is 0. The summed E-state index contributed by atoms with van der Waals surface area (Å²) >= 11 is 5.65. The number of hydrogen-bond acceptors (Lipinski definition) is 3. The first-order valence-corrected chi connectivity index (χ1v) is 3.45. The molecule has 2 N–H and O–H groups in total. The third kappa shape index (κ3) is 2.44. The molecular formula is C7H8Cl2N2O. The van der Waals surface area contributed by atoms with E-state index < -0.39 is 6.04 Å².